The summed E-state index contributed by atoms with van der Waals surface area (Å²) in [5.74, 6) is 0.529. The van der Waals surface area contributed by atoms with Crippen LogP contribution in [0, 0.1) is 5.82 Å². The predicted octanol–water partition coefficient (Wildman–Crippen LogP) is 1.70. The minimum absolute atomic E-state index is 0.352. The van der Waals surface area contributed by atoms with E-state index in [2.05, 4.69) is 20.5 Å². The first kappa shape index (κ1) is 9.45. The Morgan fingerprint density at radius 1 is 1.47 bits per heavy atom. The van der Waals surface area contributed by atoms with Gasteiger partial charge in [-0.25, -0.2) is 9.49 Å². The summed E-state index contributed by atoms with van der Waals surface area (Å²) in [6, 6.07) is 4.19. The molecule has 0 aliphatic heterocycles. The molecule has 6 heteroatoms. The van der Waals surface area contributed by atoms with Crippen molar-refractivity contribution in [3.8, 4) is 5.75 Å². The molecule has 0 unspecified atom stereocenters. The van der Waals surface area contributed by atoms with Gasteiger partial charge in [0, 0.05) is 6.07 Å². The summed E-state index contributed by atoms with van der Waals surface area (Å²) >= 11 is 0. The Kier molecular flexibility index (Phi) is 2.49. The Hall–Kier alpha value is -2.11. The smallest absolute Gasteiger partial charge is 0.223 e. The van der Waals surface area contributed by atoms with Gasteiger partial charge in [-0.3, -0.25) is 0 Å². The molecule has 2 N–H and O–H groups in total. The van der Waals surface area contributed by atoms with E-state index in [4.69, 9.17) is 4.74 Å². The number of H-pyrrole nitrogens is 1. The molecule has 2 aromatic rings. The minimum atomic E-state index is -0.352. The molecule has 0 bridgehead atoms. The second-order valence-electron chi connectivity index (χ2n) is 2.80. The van der Waals surface area contributed by atoms with E-state index < -0.39 is 0 Å². The number of benzene rings is 1. The monoisotopic (exact) mass is 208 g/mol. The normalized spacial score (nSPS) is 10.0. The van der Waals surface area contributed by atoms with Crippen LogP contribution in [-0.2, 0) is 0 Å². The van der Waals surface area contributed by atoms with Crippen LogP contribution in [0.1, 0.15) is 0 Å². The summed E-state index contributed by atoms with van der Waals surface area (Å²) in [6.45, 7) is 0. The maximum atomic E-state index is 12.9. The SMILES string of the molecule is COc1cc(F)ccc1Nc1ncn[nH]1. The Labute approximate surface area is 85.3 Å². The molecule has 0 atom stereocenters. The van der Waals surface area contributed by atoms with Gasteiger partial charge in [0.2, 0.25) is 5.95 Å². The number of rotatable bonds is 3. The Balaban J connectivity index is 2.28. The molecule has 0 aliphatic rings. The quantitative estimate of drug-likeness (QED) is 0.805. The van der Waals surface area contributed by atoms with Crippen molar-refractivity contribution >= 4 is 11.6 Å². The van der Waals surface area contributed by atoms with Crippen LogP contribution in [0.15, 0.2) is 24.5 Å². The van der Waals surface area contributed by atoms with Crippen LogP contribution in [0.4, 0.5) is 16.0 Å². The van der Waals surface area contributed by atoms with Crippen molar-refractivity contribution in [3.05, 3.63) is 30.3 Å². The van der Waals surface area contributed by atoms with Crippen molar-refractivity contribution in [2.75, 3.05) is 12.4 Å². The number of halogens is 1. The third-order valence-corrected chi connectivity index (χ3v) is 1.83. The van der Waals surface area contributed by atoms with Gasteiger partial charge in [0.25, 0.3) is 0 Å². The highest BCUT2D eigenvalue weighted by Gasteiger charge is 2.05. The van der Waals surface area contributed by atoms with Crippen LogP contribution in [0.25, 0.3) is 0 Å². The van der Waals surface area contributed by atoms with E-state index in [0.717, 1.165) is 0 Å². The molecule has 1 heterocycles. The molecular formula is C9H9FN4O. The fraction of sp³-hybridized carbons (Fsp3) is 0.111. The molecule has 78 valence electrons. The molecule has 5 nitrogen and oxygen atoms in total. The van der Waals surface area contributed by atoms with Crippen LogP contribution in [-0.4, -0.2) is 22.3 Å². The molecule has 0 saturated heterocycles. The summed E-state index contributed by atoms with van der Waals surface area (Å²) < 4.78 is 17.9. The zero-order chi connectivity index (χ0) is 10.7. The van der Waals surface area contributed by atoms with E-state index in [-0.39, 0.29) is 5.82 Å². The van der Waals surface area contributed by atoms with Gasteiger partial charge in [0.05, 0.1) is 12.8 Å². The van der Waals surface area contributed by atoms with Crippen molar-refractivity contribution in [1.29, 1.82) is 0 Å². The third kappa shape index (κ3) is 2.04. The number of nitrogens with zero attached hydrogens (tertiary/aromatic N) is 2. The Bertz CT molecular complexity index is 443. The number of nitrogens with one attached hydrogen (secondary N) is 2. The largest absolute Gasteiger partial charge is 0.494 e. The van der Waals surface area contributed by atoms with Gasteiger partial charge in [-0.1, -0.05) is 0 Å². The molecule has 0 aliphatic carbocycles. The van der Waals surface area contributed by atoms with Gasteiger partial charge in [-0.05, 0) is 12.1 Å². The zero-order valence-corrected chi connectivity index (χ0v) is 7.99. The molecule has 1 aromatic carbocycles. The van der Waals surface area contributed by atoms with Gasteiger partial charge in [0.15, 0.2) is 0 Å². The number of hydrogen-bond donors (Lipinski definition) is 2. The average molecular weight is 208 g/mol. The van der Waals surface area contributed by atoms with Gasteiger partial charge in [-0.2, -0.15) is 10.1 Å². The lowest BCUT2D eigenvalue weighted by Crippen LogP contribution is -1.96. The van der Waals surface area contributed by atoms with Gasteiger partial charge in [-0.15, -0.1) is 0 Å². The zero-order valence-electron chi connectivity index (χ0n) is 7.99. The van der Waals surface area contributed by atoms with Crippen LogP contribution in [0.3, 0.4) is 0 Å². The van der Waals surface area contributed by atoms with Crippen molar-refractivity contribution in [3.63, 3.8) is 0 Å². The molecule has 0 amide bonds. The highest BCUT2D eigenvalue weighted by atomic mass is 19.1. The molecule has 15 heavy (non-hydrogen) atoms. The second kappa shape index (κ2) is 3.95. The maximum Gasteiger partial charge on any atom is 0.223 e. The van der Waals surface area contributed by atoms with E-state index in [1.165, 1.54) is 25.6 Å². The average Bonchev–Trinajstić information content (AvgIpc) is 2.73. The number of ether oxygens (including phenoxy) is 1. The Morgan fingerprint density at radius 2 is 2.33 bits per heavy atom. The van der Waals surface area contributed by atoms with E-state index >= 15 is 0 Å². The number of aromatic nitrogens is 3. The highest BCUT2D eigenvalue weighted by molar-refractivity contribution is 5.62. The maximum absolute atomic E-state index is 12.9. The molecule has 0 saturated carbocycles. The van der Waals surface area contributed by atoms with Crippen molar-refractivity contribution in [1.82, 2.24) is 15.2 Å². The van der Waals surface area contributed by atoms with Gasteiger partial charge < -0.3 is 10.1 Å². The lowest BCUT2D eigenvalue weighted by Gasteiger charge is -2.08. The van der Waals surface area contributed by atoms with Gasteiger partial charge >= 0.3 is 0 Å². The van der Waals surface area contributed by atoms with Crippen LogP contribution in [0.5, 0.6) is 5.75 Å². The van der Waals surface area contributed by atoms with Crippen LogP contribution in [0.2, 0.25) is 0 Å². The summed E-state index contributed by atoms with van der Waals surface area (Å²) in [5.41, 5.74) is 0.621. The molecule has 0 spiro atoms. The lowest BCUT2D eigenvalue weighted by atomic mass is 10.3. The number of methoxy groups -OCH3 is 1. The lowest BCUT2D eigenvalue weighted by molar-refractivity contribution is 0.413. The van der Waals surface area contributed by atoms with Gasteiger partial charge in [0.1, 0.15) is 17.9 Å². The fourth-order valence-electron chi connectivity index (χ4n) is 1.16. The minimum Gasteiger partial charge on any atom is -0.494 e. The molecule has 2 rings (SSSR count). The molecule has 0 radical (unpaired) electrons. The van der Waals surface area contributed by atoms with E-state index in [9.17, 15) is 4.39 Å². The Morgan fingerprint density at radius 3 is 3.00 bits per heavy atom. The standard InChI is InChI=1S/C9H9FN4O/c1-15-8-4-6(10)2-3-7(8)13-9-11-5-12-14-9/h2-5H,1H3,(H2,11,12,13,14). The first-order chi connectivity index (χ1) is 7.29. The number of anilines is 2. The van der Waals surface area contributed by atoms with E-state index in [1.807, 2.05) is 0 Å². The molecule has 1 aromatic heterocycles. The summed E-state index contributed by atoms with van der Waals surface area (Å²) in [6.07, 6.45) is 1.37. The first-order valence-corrected chi connectivity index (χ1v) is 4.25. The summed E-state index contributed by atoms with van der Waals surface area (Å²) in [4.78, 5) is 3.88. The second-order valence-corrected chi connectivity index (χ2v) is 2.80. The highest BCUT2D eigenvalue weighted by Crippen LogP contribution is 2.26. The summed E-state index contributed by atoms with van der Waals surface area (Å²) in [5, 5.41) is 9.22. The van der Waals surface area contributed by atoms with Crippen molar-refractivity contribution in [2.45, 2.75) is 0 Å². The summed E-state index contributed by atoms with van der Waals surface area (Å²) in [7, 11) is 1.47. The third-order valence-electron chi connectivity index (χ3n) is 1.83. The fourth-order valence-corrected chi connectivity index (χ4v) is 1.16. The number of aromatic amines is 1. The molecular weight excluding hydrogens is 199 g/mol. The van der Waals surface area contributed by atoms with Crippen molar-refractivity contribution < 1.29 is 9.13 Å². The number of hydrogen-bond acceptors (Lipinski definition) is 4. The molecule has 0 fully saturated rings. The topological polar surface area (TPSA) is 62.8 Å². The predicted molar refractivity (Wildman–Crippen MR) is 52.6 cm³/mol. The van der Waals surface area contributed by atoms with Crippen LogP contribution >= 0.6 is 0 Å². The van der Waals surface area contributed by atoms with E-state index in [1.54, 1.807) is 6.07 Å². The van der Waals surface area contributed by atoms with Crippen LogP contribution < -0.4 is 10.1 Å². The van der Waals surface area contributed by atoms with E-state index in [0.29, 0.717) is 17.4 Å². The first-order valence-electron chi connectivity index (χ1n) is 4.25. The van der Waals surface area contributed by atoms with Crippen molar-refractivity contribution in [2.24, 2.45) is 0 Å².